The van der Waals surface area contributed by atoms with Gasteiger partial charge in [-0.3, -0.25) is 0 Å². The summed E-state index contributed by atoms with van der Waals surface area (Å²) in [5, 5.41) is 0.376. The standard InChI is InChI=1S/C9H18.C7H15Cl/c1-9(2)7-5-3-4-6-8-9;1-3-4-5-6-7(2)8/h3-8H2,1-2H3;7H,3-6H2,1-2H3. The van der Waals surface area contributed by atoms with Crippen LogP contribution in [0.25, 0.3) is 0 Å². The predicted octanol–water partition coefficient (Wildman–Crippen LogP) is 6.56. The molecule has 0 aliphatic heterocycles. The summed E-state index contributed by atoms with van der Waals surface area (Å²) in [6, 6.07) is 0. The highest BCUT2D eigenvalue weighted by molar-refractivity contribution is 6.20. The van der Waals surface area contributed by atoms with E-state index in [1.807, 2.05) is 0 Å². The second-order valence-electron chi connectivity index (χ2n) is 6.35. The molecule has 1 unspecified atom stereocenters. The fraction of sp³-hybridized carbons (Fsp3) is 1.00. The van der Waals surface area contributed by atoms with Gasteiger partial charge in [0.15, 0.2) is 0 Å². The molecule has 0 heterocycles. The number of hydrogen-bond donors (Lipinski definition) is 0. The van der Waals surface area contributed by atoms with Gasteiger partial charge in [-0.25, -0.2) is 0 Å². The molecule has 1 rings (SSSR count). The summed E-state index contributed by atoms with van der Waals surface area (Å²) in [5.41, 5.74) is 0.663. The van der Waals surface area contributed by atoms with E-state index < -0.39 is 0 Å². The molecule has 0 aromatic rings. The van der Waals surface area contributed by atoms with Gasteiger partial charge in [0.1, 0.15) is 0 Å². The van der Waals surface area contributed by atoms with Crippen LogP contribution in [0.1, 0.15) is 91.9 Å². The van der Waals surface area contributed by atoms with Crippen LogP contribution in [-0.4, -0.2) is 5.38 Å². The van der Waals surface area contributed by atoms with Crippen LogP contribution in [0.15, 0.2) is 0 Å². The van der Waals surface area contributed by atoms with Gasteiger partial charge >= 0.3 is 0 Å². The van der Waals surface area contributed by atoms with E-state index in [4.69, 9.17) is 11.6 Å². The largest absolute Gasteiger partial charge is 0.123 e. The van der Waals surface area contributed by atoms with E-state index in [2.05, 4.69) is 27.7 Å². The Kier molecular flexibility index (Phi) is 10.4. The Morgan fingerprint density at radius 2 is 1.53 bits per heavy atom. The molecule has 0 amide bonds. The first-order chi connectivity index (χ1) is 7.98. The van der Waals surface area contributed by atoms with Gasteiger partial charge < -0.3 is 0 Å². The topological polar surface area (TPSA) is 0 Å². The summed E-state index contributed by atoms with van der Waals surface area (Å²) in [5.74, 6) is 0. The van der Waals surface area contributed by atoms with Crippen LogP contribution in [0.4, 0.5) is 0 Å². The molecule has 0 N–H and O–H groups in total. The first-order valence-electron chi connectivity index (χ1n) is 7.62. The molecule has 17 heavy (non-hydrogen) atoms. The molecule has 0 nitrogen and oxygen atoms in total. The quantitative estimate of drug-likeness (QED) is 0.305. The lowest BCUT2D eigenvalue weighted by atomic mass is 9.85. The van der Waals surface area contributed by atoms with Crippen molar-refractivity contribution < 1.29 is 0 Å². The summed E-state index contributed by atoms with van der Waals surface area (Å²) >= 11 is 5.71. The number of hydrogen-bond acceptors (Lipinski definition) is 0. The van der Waals surface area contributed by atoms with Gasteiger partial charge in [0, 0.05) is 5.38 Å². The number of rotatable bonds is 4. The Bertz CT molecular complexity index is 151. The molecule has 0 spiro atoms. The van der Waals surface area contributed by atoms with Crippen molar-refractivity contribution in [2.45, 2.75) is 97.3 Å². The van der Waals surface area contributed by atoms with Crippen LogP contribution in [0.3, 0.4) is 0 Å². The monoisotopic (exact) mass is 260 g/mol. The molecule has 1 aliphatic rings. The summed E-state index contributed by atoms with van der Waals surface area (Å²) in [6.45, 7) is 9.06. The molecule has 0 aromatic heterocycles. The van der Waals surface area contributed by atoms with E-state index in [0.29, 0.717) is 10.8 Å². The van der Waals surface area contributed by atoms with Crippen molar-refractivity contribution in [3.63, 3.8) is 0 Å². The van der Waals surface area contributed by atoms with Gasteiger partial charge in [0.25, 0.3) is 0 Å². The first-order valence-corrected chi connectivity index (χ1v) is 8.05. The van der Waals surface area contributed by atoms with Gasteiger partial charge in [0.2, 0.25) is 0 Å². The summed E-state index contributed by atoms with van der Waals surface area (Å²) in [7, 11) is 0. The predicted molar refractivity (Wildman–Crippen MR) is 80.9 cm³/mol. The van der Waals surface area contributed by atoms with Gasteiger partial charge in [0.05, 0.1) is 0 Å². The zero-order chi connectivity index (χ0) is 13.1. The molecule has 0 bridgehead atoms. The van der Waals surface area contributed by atoms with E-state index in [1.54, 1.807) is 0 Å². The molecule has 1 atom stereocenters. The van der Waals surface area contributed by atoms with Crippen LogP contribution in [0.5, 0.6) is 0 Å². The minimum absolute atomic E-state index is 0.376. The average molecular weight is 261 g/mol. The molecule has 1 heteroatoms. The lowest BCUT2D eigenvalue weighted by Gasteiger charge is -2.21. The molecule has 0 saturated heterocycles. The Labute approximate surface area is 115 Å². The normalized spacial score (nSPS) is 21.0. The van der Waals surface area contributed by atoms with Crippen molar-refractivity contribution in [2.24, 2.45) is 5.41 Å². The maximum Gasteiger partial charge on any atom is 0.0307 e. The van der Waals surface area contributed by atoms with Gasteiger partial charge in [-0.15, -0.1) is 11.6 Å². The number of alkyl halides is 1. The molecule has 0 aromatic carbocycles. The van der Waals surface area contributed by atoms with Crippen molar-refractivity contribution in [1.82, 2.24) is 0 Å². The molecule has 1 fully saturated rings. The Hall–Kier alpha value is 0.290. The second kappa shape index (κ2) is 10.2. The number of halogens is 1. The number of unbranched alkanes of at least 4 members (excludes halogenated alkanes) is 2. The minimum Gasteiger partial charge on any atom is -0.123 e. The van der Waals surface area contributed by atoms with E-state index in [1.165, 1.54) is 64.2 Å². The SMILES string of the molecule is CC1(C)CCCCCC1.CCCCCC(C)Cl. The lowest BCUT2D eigenvalue weighted by molar-refractivity contribution is 0.314. The van der Waals surface area contributed by atoms with Crippen molar-refractivity contribution in [2.75, 3.05) is 0 Å². The van der Waals surface area contributed by atoms with E-state index in [-0.39, 0.29) is 0 Å². The fourth-order valence-corrected chi connectivity index (χ4v) is 2.52. The van der Waals surface area contributed by atoms with Gasteiger partial charge in [-0.1, -0.05) is 65.7 Å². The Morgan fingerprint density at radius 3 is 1.94 bits per heavy atom. The first kappa shape index (κ1) is 17.3. The van der Waals surface area contributed by atoms with Gasteiger partial charge in [-0.05, 0) is 31.6 Å². The van der Waals surface area contributed by atoms with Crippen LogP contribution in [0.2, 0.25) is 0 Å². The van der Waals surface area contributed by atoms with Gasteiger partial charge in [-0.2, -0.15) is 0 Å². The minimum atomic E-state index is 0.376. The maximum absolute atomic E-state index is 5.71. The van der Waals surface area contributed by atoms with Crippen molar-refractivity contribution in [3.05, 3.63) is 0 Å². The molecule has 1 aliphatic carbocycles. The smallest absolute Gasteiger partial charge is 0.0307 e. The Morgan fingerprint density at radius 1 is 1.00 bits per heavy atom. The third-order valence-electron chi connectivity index (χ3n) is 3.66. The zero-order valence-electron chi connectivity index (χ0n) is 12.5. The highest BCUT2D eigenvalue weighted by atomic mass is 35.5. The van der Waals surface area contributed by atoms with E-state index >= 15 is 0 Å². The maximum atomic E-state index is 5.71. The summed E-state index contributed by atoms with van der Waals surface area (Å²) in [6.07, 6.45) is 13.9. The molecular weight excluding hydrogens is 228 g/mol. The summed E-state index contributed by atoms with van der Waals surface area (Å²) in [4.78, 5) is 0. The van der Waals surface area contributed by atoms with E-state index in [0.717, 1.165) is 0 Å². The van der Waals surface area contributed by atoms with E-state index in [9.17, 15) is 0 Å². The third kappa shape index (κ3) is 12.5. The zero-order valence-corrected chi connectivity index (χ0v) is 13.3. The highest BCUT2D eigenvalue weighted by Gasteiger charge is 2.18. The third-order valence-corrected chi connectivity index (χ3v) is 3.88. The van der Waals surface area contributed by atoms with Crippen LogP contribution >= 0.6 is 11.6 Å². The van der Waals surface area contributed by atoms with Crippen molar-refractivity contribution >= 4 is 11.6 Å². The van der Waals surface area contributed by atoms with Crippen LogP contribution in [0, 0.1) is 5.41 Å². The summed E-state index contributed by atoms with van der Waals surface area (Å²) < 4.78 is 0. The second-order valence-corrected chi connectivity index (χ2v) is 7.10. The molecule has 104 valence electrons. The van der Waals surface area contributed by atoms with Crippen LogP contribution in [-0.2, 0) is 0 Å². The molecule has 1 saturated carbocycles. The molecular formula is C16H33Cl. The Balaban J connectivity index is 0.000000304. The van der Waals surface area contributed by atoms with Crippen molar-refractivity contribution in [1.29, 1.82) is 0 Å². The molecule has 0 radical (unpaired) electrons. The lowest BCUT2D eigenvalue weighted by Crippen LogP contribution is -2.08. The van der Waals surface area contributed by atoms with Crippen molar-refractivity contribution in [3.8, 4) is 0 Å². The highest BCUT2D eigenvalue weighted by Crippen LogP contribution is 2.33. The van der Waals surface area contributed by atoms with Crippen LogP contribution < -0.4 is 0 Å². The fourth-order valence-electron chi connectivity index (χ4n) is 2.36. The average Bonchev–Trinajstić information content (AvgIpc) is 2.43.